The van der Waals surface area contributed by atoms with E-state index in [4.69, 9.17) is 0 Å². The van der Waals surface area contributed by atoms with Crippen molar-refractivity contribution in [2.45, 2.75) is 38.6 Å². The number of aromatic nitrogens is 1. The number of carbonyl (C=O) groups excluding carboxylic acids is 2. The number of hydrogen-bond donors (Lipinski definition) is 1. The predicted molar refractivity (Wildman–Crippen MR) is 99.7 cm³/mol. The SMILES string of the molecule is C[C@H](NC(=O)C1CC(=O)N(c2ccc3c(c2)CCC3)C1)c1cccnc1. The van der Waals surface area contributed by atoms with E-state index in [-0.39, 0.29) is 30.2 Å². The van der Waals surface area contributed by atoms with Gasteiger partial charge in [0.1, 0.15) is 0 Å². The zero-order chi connectivity index (χ0) is 18.1. The Kier molecular flexibility index (Phi) is 4.45. The molecule has 5 heteroatoms. The number of nitrogens with zero attached hydrogens (tertiary/aromatic N) is 2. The van der Waals surface area contributed by atoms with Crippen LogP contribution in [0.15, 0.2) is 42.7 Å². The summed E-state index contributed by atoms with van der Waals surface area (Å²) in [5.74, 6) is -0.356. The van der Waals surface area contributed by atoms with Gasteiger partial charge in [0.25, 0.3) is 0 Å². The summed E-state index contributed by atoms with van der Waals surface area (Å²) < 4.78 is 0. The largest absolute Gasteiger partial charge is 0.349 e. The van der Waals surface area contributed by atoms with Crippen molar-refractivity contribution in [3.63, 3.8) is 0 Å². The van der Waals surface area contributed by atoms with Crippen molar-refractivity contribution >= 4 is 17.5 Å². The van der Waals surface area contributed by atoms with Gasteiger partial charge in [-0.1, -0.05) is 12.1 Å². The van der Waals surface area contributed by atoms with E-state index in [1.807, 2.05) is 25.1 Å². The highest BCUT2D eigenvalue weighted by molar-refractivity contribution is 6.00. The second-order valence-electron chi connectivity index (χ2n) is 7.23. The summed E-state index contributed by atoms with van der Waals surface area (Å²) in [6.07, 6.45) is 7.12. The number of anilines is 1. The maximum Gasteiger partial charge on any atom is 0.227 e. The molecule has 0 saturated carbocycles. The number of rotatable bonds is 4. The average molecular weight is 349 g/mol. The van der Waals surface area contributed by atoms with E-state index in [1.54, 1.807) is 17.3 Å². The van der Waals surface area contributed by atoms with E-state index in [1.165, 1.54) is 17.5 Å². The van der Waals surface area contributed by atoms with Gasteiger partial charge in [0.05, 0.1) is 12.0 Å². The first kappa shape index (κ1) is 16.8. The van der Waals surface area contributed by atoms with Gasteiger partial charge >= 0.3 is 0 Å². The number of amides is 2. The third-order valence-corrected chi connectivity index (χ3v) is 5.43. The molecule has 134 valence electrons. The fourth-order valence-corrected chi connectivity index (χ4v) is 3.91. The monoisotopic (exact) mass is 349 g/mol. The molecule has 2 aromatic rings. The molecule has 5 nitrogen and oxygen atoms in total. The van der Waals surface area contributed by atoms with Crippen molar-refractivity contribution < 1.29 is 9.59 Å². The maximum atomic E-state index is 12.6. The highest BCUT2D eigenvalue weighted by Gasteiger charge is 2.35. The number of hydrogen-bond acceptors (Lipinski definition) is 3. The van der Waals surface area contributed by atoms with Gasteiger partial charge in [0.15, 0.2) is 0 Å². The number of fused-ring (bicyclic) bond motifs is 1. The second-order valence-corrected chi connectivity index (χ2v) is 7.23. The summed E-state index contributed by atoms with van der Waals surface area (Å²) in [5, 5.41) is 3.01. The van der Waals surface area contributed by atoms with Gasteiger partial charge in [-0.15, -0.1) is 0 Å². The summed E-state index contributed by atoms with van der Waals surface area (Å²) in [6, 6.07) is 9.93. The summed E-state index contributed by atoms with van der Waals surface area (Å²) >= 11 is 0. The summed E-state index contributed by atoms with van der Waals surface area (Å²) in [5.41, 5.74) is 4.61. The Labute approximate surface area is 153 Å². The van der Waals surface area contributed by atoms with Crippen LogP contribution < -0.4 is 10.2 Å². The minimum Gasteiger partial charge on any atom is -0.349 e. The van der Waals surface area contributed by atoms with E-state index in [2.05, 4.69) is 22.4 Å². The van der Waals surface area contributed by atoms with Crippen LogP contribution in [0.4, 0.5) is 5.69 Å². The molecule has 0 bridgehead atoms. The molecule has 1 aromatic carbocycles. The first-order chi connectivity index (χ1) is 12.6. The van der Waals surface area contributed by atoms with Gasteiger partial charge in [0.2, 0.25) is 11.8 Å². The van der Waals surface area contributed by atoms with Crippen molar-refractivity contribution in [2.24, 2.45) is 5.92 Å². The van der Waals surface area contributed by atoms with Crippen LogP contribution in [-0.2, 0) is 22.4 Å². The lowest BCUT2D eigenvalue weighted by Crippen LogP contribution is -2.34. The third-order valence-electron chi connectivity index (χ3n) is 5.43. The van der Waals surface area contributed by atoms with Crippen LogP contribution in [0.5, 0.6) is 0 Å². The number of carbonyl (C=O) groups is 2. The average Bonchev–Trinajstić information content (AvgIpc) is 3.28. The lowest BCUT2D eigenvalue weighted by Gasteiger charge is -2.19. The van der Waals surface area contributed by atoms with E-state index >= 15 is 0 Å². The molecule has 1 saturated heterocycles. The minimum absolute atomic E-state index is 0.0251. The summed E-state index contributed by atoms with van der Waals surface area (Å²) in [4.78, 5) is 31.0. The van der Waals surface area contributed by atoms with E-state index < -0.39 is 0 Å². The van der Waals surface area contributed by atoms with Crippen molar-refractivity contribution in [3.8, 4) is 0 Å². The Morgan fingerprint density at radius 3 is 2.92 bits per heavy atom. The van der Waals surface area contributed by atoms with E-state index in [0.29, 0.717) is 6.54 Å². The number of pyridine rings is 1. The summed E-state index contributed by atoms with van der Waals surface area (Å²) in [6.45, 7) is 2.38. The second kappa shape index (κ2) is 6.90. The van der Waals surface area contributed by atoms with Crippen LogP contribution in [0.1, 0.15) is 42.5 Å². The van der Waals surface area contributed by atoms with Crippen LogP contribution in [0.2, 0.25) is 0 Å². The molecule has 0 spiro atoms. The van der Waals surface area contributed by atoms with Crippen molar-refractivity contribution in [1.29, 1.82) is 0 Å². The molecular formula is C21H23N3O2. The Bertz CT molecular complexity index is 834. The lowest BCUT2D eigenvalue weighted by atomic mass is 10.1. The van der Waals surface area contributed by atoms with E-state index in [0.717, 1.165) is 24.1 Å². The maximum absolute atomic E-state index is 12.6. The topological polar surface area (TPSA) is 62.3 Å². The fraction of sp³-hybridized carbons (Fsp3) is 0.381. The predicted octanol–water partition coefficient (Wildman–Crippen LogP) is 2.80. The molecule has 1 aliphatic carbocycles. The quantitative estimate of drug-likeness (QED) is 0.923. The van der Waals surface area contributed by atoms with Crippen LogP contribution in [0.25, 0.3) is 0 Å². The Hall–Kier alpha value is -2.69. The molecule has 1 unspecified atom stereocenters. The first-order valence-corrected chi connectivity index (χ1v) is 9.24. The van der Waals surface area contributed by atoms with Crippen LogP contribution in [0, 0.1) is 5.92 Å². The molecule has 2 amide bonds. The number of aryl methyl sites for hydroxylation is 2. The van der Waals surface area contributed by atoms with Gasteiger partial charge in [-0.25, -0.2) is 0 Å². The molecule has 26 heavy (non-hydrogen) atoms. The standard InChI is InChI=1S/C21H23N3O2/c1-14(17-6-3-9-22-12-17)23-21(26)18-11-20(25)24(13-18)19-8-7-15-4-2-5-16(15)10-19/h3,6-10,12,14,18H,2,4-5,11,13H2,1H3,(H,23,26)/t14-,18?/m0/s1. The van der Waals surface area contributed by atoms with Crippen molar-refractivity contribution in [2.75, 3.05) is 11.4 Å². The normalized spacial score (nSPS) is 20.1. The Morgan fingerprint density at radius 1 is 1.27 bits per heavy atom. The van der Waals surface area contributed by atoms with Crippen LogP contribution >= 0.6 is 0 Å². The van der Waals surface area contributed by atoms with Crippen molar-refractivity contribution in [1.82, 2.24) is 10.3 Å². The molecule has 1 aliphatic heterocycles. The Morgan fingerprint density at radius 2 is 2.12 bits per heavy atom. The molecule has 4 rings (SSSR count). The molecular weight excluding hydrogens is 326 g/mol. The molecule has 0 radical (unpaired) electrons. The lowest BCUT2D eigenvalue weighted by molar-refractivity contribution is -0.126. The minimum atomic E-state index is -0.310. The van der Waals surface area contributed by atoms with Gasteiger partial charge < -0.3 is 10.2 Å². The molecule has 2 aliphatic rings. The van der Waals surface area contributed by atoms with Crippen molar-refractivity contribution in [3.05, 3.63) is 59.4 Å². The molecule has 1 fully saturated rings. The summed E-state index contributed by atoms with van der Waals surface area (Å²) in [7, 11) is 0. The first-order valence-electron chi connectivity index (χ1n) is 9.24. The van der Waals surface area contributed by atoms with Gasteiger partial charge in [-0.3, -0.25) is 14.6 Å². The zero-order valence-corrected chi connectivity index (χ0v) is 14.9. The van der Waals surface area contributed by atoms with Gasteiger partial charge in [-0.05, 0) is 61.1 Å². The highest BCUT2D eigenvalue weighted by atomic mass is 16.2. The Balaban J connectivity index is 1.43. The van der Waals surface area contributed by atoms with Gasteiger partial charge in [-0.2, -0.15) is 0 Å². The molecule has 2 atom stereocenters. The third kappa shape index (κ3) is 3.21. The van der Waals surface area contributed by atoms with Gasteiger partial charge in [0, 0.05) is 31.0 Å². The van der Waals surface area contributed by atoms with E-state index in [9.17, 15) is 9.59 Å². The molecule has 1 aromatic heterocycles. The zero-order valence-electron chi connectivity index (χ0n) is 14.9. The highest BCUT2D eigenvalue weighted by Crippen LogP contribution is 2.30. The van der Waals surface area contributed by atoms with Crippen LogP contribution in [0.3, 0.4) is 0 Å². The molecule has 2 heterocycles. The number of benzene rings is 1. The van der Waals surface area contributed by atoms with Crippen LogP contribution in [-0.4, -0.2) is 23.3 Å². The molecule has 1 N–H and O–H groups in total. The number of nitrogens with one attached hydrogen (secondary N) is 1. The fourth-order valence-electron chi connectivity index (χ4n) is 3.91. The smallest absolute Gasteiger partial charge is 0.227 e.